The van der Waals surface area contributed by atoms with E-state index in [1.165, 1.54) is 28.0 Å². The Morgan fingerprint density at radius 3 is 2.67 bits per heavy atom. The van der Waals surface area contributed by atoms with E-state index in [9.17, 15) is 0 Å². The van der Waals surface area contributed by atoms with Crippen LogP contribution in [0.25, 0.3) is 10.2 Å². The van der Waals surface area contributed by atoms with E-state index in [4.69, 9.17) is 11.6 Å². The number of nitrogens with zero attached hydrogens (tertiary/aromatic N) is 2. The van der Waals surface area contributed by atoms with E-state index >= 15 is 0 Å². The molecule has 1 aromatic carbocycles. The molecule has 0 fully saturated rings. The predicted octanol–water partition coefficient (Wildman–Crippen LogP) is 5.83. The van der Waals surface area contributed by atoms with Gasteiger partial charge in [-0.1, -0.05) is 13.0 Å². The van der Waals surface area contributed by atoms with E-state index in [1.807, 2.05) is 0 Å². The second kappa shape index (κ2) is 6.01. The number of aromatic nitrogens is 2. The molecule has 2 aromatic heterocycles. The van der Waals surface area contributed by atoms with Crippen molar-refractivity contribution in [1.29, 1.82) is 0 Å². The van der Waals surface area contributed by atoms with Gasteiger partial charge in [0.1, 0.15) is 10.6 Å². The summed E-state index contributed by atoms with van der Waals surface area (Å²) in [5.74, 6) is 1.58. The molecule has 0 spiro atoms. The van der Waals surface area contributed by atoms with Gasteiger partial charge < -0.3 is 5.32 Å². The van der Waals surface area contributed by atoms with Crippen molar-refractivity contribution in [3.8, 4) is 0 Å². The number of rotatable bonds is 2. The molecule has 3 aromatic rings. The van der Waals surface area contributed by atoms with E-state index in [2.05, 4.69) is 54.3 Å². The summed E-state index contributed by atoms with van der Waals surface area (Å²) in [6.45, 7) is 6.53. The van der Waals surface area contributed by atoms with Gasteiger partial charge in [0.05, 0.1) is 5.39 Å². The minimum atomic E-state index is 0.307. The van der Waals surface area contributed by atoms with Crippen LogP contribution in [0.1, 0.15) is 34.9 Å². The van der Waals surface area contributed by atoms with Gasteiger partial charge in [-0.15, -0.1) is 11.3 Å². The summed E-state index contributed by atoms with van der Waals surface area (Å²) < 4.78 is 0. The lowest BCUT2D eigenvalue weighted by Gasteiger charge is -2.18. The molecule has 0 bridgehead atoms. The van der Waals surface area contributed by atoms with Crippen LogP contribution in [0.5, 0.6) is 0 Å². The number of nitrogens with one attached hydrogen (secondary N) is 1. The van der Waals surface area contributed by atoms with Gasteiger partial charge >= 0.3 is 0 Å². The maximum Gasteiger partial charge on any atom is 0.225 e. The number of halogens is 1. The summed E-state index contributed by atoms with van der Waals surface area (Å²) in [5, 5.41) is 4.95. The van der Waals surface area contributed by atoms with Gasteiger partial charge in [-0.3, -0.25) is 0 Å². The second-order valence-corrected chi connectivity index (χ2v) is 8.30. The molecule has 1 aliphatic rings. The van der Waals surface area contributed by atoms with Crippen LogP contribution in [0, 0.1) is 19.8 Å². The Hall–Kier alpha value is -1.65. The number of benzene rings is 1. The van der Waals surface area contributed by atoms with Crippen LogP contribution in [-0.2, 0) is 12.8 Å². The smallest absolute Gasteiger partial charge is 0.225 e. The number of aryl methyl sites for hydroxylation is 3. The largest absolute Gasteiger partial charge is 0.340 e. The fourth-order valence-electron chi connectivity index (χ4n) is 3.59. The van der Waals surface area contributed by atoms with Crippen LogP contribution in [0.2, 0.25) is 5.28 Å². The van der Waals surface area contributed by atoms with Crippen molar-refractivity contribution in [1.82, 2.24) is 9.97 Å². The number of anilines is 2. The van der Waals surface area contributed by atoms with Crippen molar-refractivity contribution in [2.75, 3.05) is 5.32 Å². The lowest BCUT2D eigenvalue weighted by molar-refractivity contribution is 0.509. The van der Waals surface area contributed by atoms with Crippen molar-refractivity contribution < 1.29 is 0 Å². The van der Waals surface area contributed by atoms with Crippen LogP contribution >= 0.6 is 22.9 Å². The first-order chi connectivity index (χ1) is 11.5. The Labute approximate surface area is 151 Å². The Balaban J connectivity index is 1.85. The molecule has 1 atom stereocenters. The van der Waals surface area contributed by atoms with Gasteiger partial charge in [0.15, 0.2) is 0 Å². The number of thiophene rings is 1. The fourth-order valence-corrected chi connectivity index (χ4v) is 5.19. The zero-order chi connectivity index (χ0) is 16.8. The first-order valence-electron chi connectivity index (χ1n) is 8.32. The normalized spacial score (nSPS) is 17.1. The maximum absolute atomic E-state index is 6.19. The summed E-state index contributed by atoms with van der Waals surface area (Å²) in [6, 6.07) is 6.44. The summed E-state index contributed by atoms with van der Waals surface area (Å²) >= 11 is 7.96. The average molecular weight is 358 g/mol. The SMILES string of the molecule is Cc1cc(C)cc(Nc2nc(Cl)nc3sc4c(c23)CCC(C)C4)c1. The van der Waals surface area contributed by atoms with Crippen molar-refractivity contribution in [3.05, 3.63) is 45.1 Å². The number of fused-ring (bicyclic) bond motifs is 3. The number of hydrogen-bond acceptors (Lipinski definition) is 4. The predicted molar refractivity (Wildman–Crippen MR) is 103 cm³/mol. The van der Waals surface area contributed by atoms with Crippen LogP contribution < -0.4 is 5.32 Å². The molecule has 124 valence electrons. The molecule has 0 saturated carbocycles. The fraction of sp³-hybridized carbons (Fsp3) is 0.368. The Kier molecular flexibility index (Phi) is 3.97. The van der Waals surface area contributed by atoms with E-state index < -0.39 is 0 Å². The second-order valence-electron chi connectivity index (χ2n) is 6.87. The molecule has 24 heavy (non-hydrogen) atoms. The monoisotopic (exact) mass is 357 g/mol. The zero-order valence-corrected chi connectivity index (χ0v) is 15.7. The molecule has 0 saturated heterocycles. The zero-order valence-electron chi connectivity index (χ0n) is 14.1. The van der Waals surface area contributed by atoms with Crippen molar-refractivity contribution in [2.24, 2.45) is 5.92 Å². The molecular weight excluding hydrogens is 338 g/mol. The van der Waals surface area contributed by atoms with Crippen LogP contribution in [0.4, 0.5) is 11.5 Å². The van der Waals surface area contributed by atoms with E-state index in [1.54, 1.807) is 11.3 Å². The van der Waals surface area contributed by atoms with Gasteiger partial charge in [0, 0.05) is 10.6 Å². The summed E-state index contributed by atoms with van der Waals surface area (Å²) in [5.41, 5.74) is 4.93. The highest BCUT2D eigenvalue weighted by Crippen LogP contribution is 2.41. The standard InChI is InChI=1S/C19H20ClN3S/c1-10-4-5-14-15(9-10)24-18-16(14)17(22-19(20)23-18)21-13-7-11(2)6-12(3)8-13/h6-8,10H,4-5,9H2,1-3H3,(H,21,22,23). The third-order valence-electron chi connectivity index (χ3n) is 4.61. The van der Waals surface area contributed by atoms with Crippen molar-refractivity contribution in [3.63, 3.8) is 0 Å². The molecule has 0 radical (unpaired) electrons. The molecule has 0 aliphatic heterocycles. The lowest BCUT2D eigenvalue weighted by Crippen LogP contribution is -2.09. The molecular formula is C19H20ClN3S. The Morgan fingerprint density at radius 2 is 1.92 bits per heavy atom. The third-order valence-corrected chi connectivity index (χ3v) is 5.93. The Morgan fingerprint density at radius 1 is 1.17 bits per heavy atom. The van der Waals surface area contributed by atoms with E-state index in [-0.39, 0.29) is 0 Å². The molecule has 5 heteroatoms. The summed E-state index contributed by atoms with van der Waals surface area (Å²) in [7, 11) is 0. The molecule has 2 heterocycles. The highest BCUT2D eigenvalue weighted by molar-refractivity contribution is 7.19. The number of hydrogen-bond donors (Lipinski definition) is 1. The van der Waals surface area contributed by atoms with Gasteiger partial charge in [-0.2, -0.15) is 4.98 Å². The summed E-state index contributed by atoms with van der Waals surface area (Å²) in [4.78, 5) is 11.4. The first kappa shape index (κ1) is 15.9. The molecule has 4 rings (SSSR count). The topological polar surface area (TPSA) is 37.8 Å². The minimum absolute atomic E-state index is 0.307. The Bertz CT molecular complexity index is 912. The molecule has 1 unspecified atom stereocenters. The molecule has 3 nitrogen and oxygen atoms in total. The minimum Gasteiger partial charge on any atom is -0.340 e. The molecule has 1 N–H and O–H groups in total. The average Bonchev–Trinajstić information content (AvgIpc) is 2.82. The van der Waals surface area contributed by atoms with Gasteiger partial charge in [-0.05, 0) is 79.5 Å². The van der Waals surface area contributed by atoms with Crippen LogP contribution in [0.15, 0.2) is 18.2 Å². The highest BCUT2D eigenvalue weighted by Gasteiger charge is 2.23. The highest BCUT2D eigenvalue weighted by atomic mass is 35.5. The van der Waals surface area contributed by atoms with Gasteiger partial charge in [-0.25, -0.2) is 4.98 Å². The van der Waals surface area contributed by atoms with Crippen LogP contribution in [-0.4, -0.2) is 9.97 Å². The van der Waals surface area contributed by atoms with Crippen molar-refractivity contribution in [2.45, 2.75) is 40.0 Å². The lowest BCUT2D eigenvalue weighted by atomic mass is 9.89. The third kappa shape index (κ3) is 2.89. The van der Waals surface area contributed by atoms with Gasteiger partial charge in [0.25, 0.3) is 0 Å². The quantitative estimate of drug-likeness (QED) is 0.586. The maximum atomic E-state index is 6.19. The van der Waals surface area contributed by atoms with Crippen LogP contribution in [0.3, 0.4) is 0 Å². The first-order valence-corrected chi connectivity index (χ1v) is 9.52. The van der Waals surface area contributed by atoms with E-state index in [0.717, 1.165) is 40.5 Å². The van der Waals surface area contributed by atoms with Gasteiger partial charge in [0.2, 0.25) is 5.28 Å². The molecule has 1 aliphatic carbocycles. The van der Waals surface area contributed by atoms with Crippen molar-refractivity contribution >= 4 is 44.7 Å². The summed E-state index contributed by atoms with van der Waals surface area (Å²) in [6.07, 6.45) is 3.46. The van der Waals surface area contributed by atoms with E-state index in [0.29, 0.717) is 5.28 Å². The molecule has 0 amide bonds.